The van der Waals surface area contributed by atoms with Crippen molar-refractivity contribution in [2.24, 2.45) is 0 Å². The van der Waals surface area contributed by atoms with E-state index in [1.165, 1.54) is 66.8 Å². The van der Waals surface area contributed by atoms with E-state index in [0.717, 1.165) is 17.1 Å². The van der Waals surface area contributed by atoms with Crippen molar-refractivity contribution in [1.29, 1.82) is 5.26 Å². The number of hydrogen-bond acceptors (Lipinski definition) is 2. The lowest BCUT2D eigenvalue weighted by Crippen LogP contribution is -2.26. The third-order valence-electron chi connectivity index (χ3n) is 11.3. The summed E-state index contributed by atoms with van der Waals surface area (Å²) in [5.74, 6) is 0. The lowest BCUT2D eigenvalue weighted by molar-refractivity contribution is 0.660. The lowest BCUT2D eigenvalue weighted by Gasteiger charge is -2.32. The number of fused-ring (bicyclic) bond motifs is 13. The van der Waals surface area contributed by atoms with Crippen LogP contribution < -0.4 is 4.90 Å². The van der Waals surface area contributed by atoms with Gasteiger partial charge in [0.05, 0.1) is 17.0 Å². The first-order valence-corrected chi connectivity index (χ1v) is 17.0. The summed E-state index contributed by atoms with van der Waals surface area (Å²) in [7, 11) is 0. The topological polar surface area (TPSA) is 27.0 Å². The zero-order chi connectivity index (χ0) is 32.9. The van der Waals surface area contributed by atoms with E-state index >= 15 is 0 Å². The molecule has 0 heterocycles. The van der Waals surface area contributed by atoms with Gasteiger partial charge in [0, 0.05) is 22.5 Å². The molecule has 0 fully saturated rings. The Balaban J connectivity index is 1.23. The minimum Gasteiger partial charge on any atom is -0.310 e. The predicted octanol–water partition coefficient (Wildman–Crippen LogP) is 11.7. The Kier molecular flexibility index (Phi) is 5.65. The first-order chi connectivity index (χ1) is 24.0. The first kappa shape index (κ1) is 27.9. The Labute approximate surface area is 287 Å². The minimum atomic E-state index is -0.424. The molecule has 7 aromatic carbocycles. The molecule has 10 rings (SSSR count). The van der Waals surface area contributed by atoms with Gasteiger partial charge in [0.25, 0.3) is 0 Å². The van der Waals surface area contributed by atoms with Crippen molar-refractivity contribution in [3.05, 3.63) is 197 Å². The molecule has 0 unspecified atom stereocenters. The van der Waals surface area contributed by atoms with Crippen molar-refractivity contribution in [1.82, 2.24) is 0 Å². The van der Waals surface area contributed by atoms with Gasteiger partial charge in [-0.3, -0.25) is 0 Å². The van der Waals surface area contributed by atoms with Gasteiger partial charge >= 0.3 is 0 Å². The highest BCUT2D eigenvalue weighted by molar-refractivity contribution is 5.96. The maximum atomic E-state index is 9.66. The molecule has 0 aromatic heterocycles. The summed E-state index contributed by atoms with van der Waals surface area (Å²) in [6.45, 7) is 4.66. The van der Waals surface area contributed by atoms with Gasteiger partial charge in [-0.15, -0.1) is 0 Å². The second-order valence-corrected chi connectivity index (χ2v) is 14.0. The van der Waals surface area contributed by atoms with Crippen LogP contribution in [-0.2, 0) is 10.8 Å². The van der Waals surface area contributed by atoms with Gasteiger partial charge in [-0.2, -0.15) is 5.26 Å². The summed E-state index contributed by atoms with van der Waals surface area (Å²) in [5.41, 5.74) is 19.1. The number of nitriles is 1. The molecule has 0 saturated heterocycles. The van der Waals surface area contributed by atoms with Crippen molar-refractivity contribution < 1.29 is 0 Å². The van der Waals surface area contributed by atoms with Crippen LogP contribution in [0, 0.1) is 11.3 Å². The molecule has 2 heteroatoms. The third-order valence-corrected chi connectivity index (χ3v) is 11.3. The first-order valence-electron chi connectivity index (χ1n) is 17.0. The molecule has 0 saturated carbocycles. The molecule has 230 valence electrons. The van der Waals surface area contributed by atoms with Gasteiger partial charge in [0.1, 0.15) is 0 Å². The molecule has 0 aliphatic heterocycles. The van der Waals surface area contributed by atoms with Crippen molar-refractivity contribution in [2.75, 3.05) is 4.90 Å². The molecule has 0 radical (unpaired) electrons. The second-order valence-electron chi connectivity index (χ2n) is 14.0. The van der Waals surface area contributed by atoms with Crippen molar-refractivity contribution in [3.8, 4) is 39.4 Å². The monoisotopic (exact) mass is 624 g/mol. The lowest BCUT2D eigenvalue weighted by atomic mass is 9.70. The summed E-state index contributed by atoms with van der Waals surface area (Å²) in [6.07, 6.45) is 0. The minimum absolute atomic E-state index is 0.126. The quantitative estimate of drug-likeness (QED) is 0.196. The van der Waals surface area contributed by atoms with E-state index in [4.69, 9.17) is 0 Å². The molecular formula is C47H32N2. The fourth-order valence-corrected chi connectivity index (χ4v) is 9.19. The number of anilines is 3. The number of rotatable bonds is 3. The van der Waals surface area contributed by atoms with E-state index in [-0.39, 0.29) is 5.41 Å². The number of nitrogens with zero attached hydrogens (tertiary/aromatic N) is 2. The van der Waals surface area contributed by atoms with E-state index in [9.17, 15) is 5.26 Å². The zero-order valence-electron chi connectivity index (χ0n) is 27.4. The molecule has 0 amide bonds. The summed E-state index contributed by atoms with van der Waals surface area (Å²) < 4.78 is 0. The normalized spacial score (nSPS) is 14.6. The van der Waals surface area contributed by atoms with Crippen molar-refractivity contribution >= 4 is 17.1 Å². The SMILES string of the molecule is CC1(C)c2ccccc2-c2ccc(N(c3ccc(C#N)cc3)c3ccc4c(c3)C3(c5ccccc5-c5ccccc53)c3ccccc3-4)cc21. The molecule has 7 aromatic rings. The highest BCUT2D eigenvalue weighted by atomic mass is 15.1. The Bertz CT molecular complexity index is 2480. The maximum Gasteiger partial charge on any atom is 0.0991 e. The highest BCUT2D eigenvalue weighted by Gasteiger charge is 2.51. The van der Waals surface area contributed by atoms with Gasteiger partial charge in [-0.05, 0) is 115 Å². The smallest absolute Gasteiger partial charge is 0.0991 e. The van der Waals surface area contributed by atoms with Gasteiger partial charge in [0.2, 0.25) is 0 Å². The van der Waals surface area contributed by atoms with Crippen LogP contribution in [0.25, 0.3) is 33.4 Å². The van der Waals surface area contributed by atoms with Crippen LogP contribution in [0.5, 0.6) is 0 Å². The van der Waals surface area contributed by atoms with Crippen LogP contribution in [0.15, 0.2) is 158 Å². The fraction of sp³-hybridized carbons (Fsp3) is 0.0851. The summed E-state index contributed by atoms with van der Waals surface area (Å²) in [6, 6.07) is 59.9. The standard InChI is InChI=1S/C47H32N2/c1-46(2)40-15-7-3-11-34(40)38-25-23-32(27-44(38)46)49(31-21-19-30(29-48)20-22-31)33-24-26-39-37-14-6-10-18-43(37)47(45(39)28-33)41-16-8-4-12-35(41)36-13-5-9-17-42(36)47/h3-28H,1-2H3. The molecule has 1 spiro atoms. The Hall–Kier alpha value is -6.17. The van der Waals surface area contributed by atoms with Crippen LogP contribution in [0.1, 0.15) is 52.8 Å². The maximum absolute atomic E-state index is 9.66. The van der Waals surface area contributed by atoms with E-state index in [1.54, 1.807) is 0 Å². The molecule has 3 aliphatic carbocycles. The third kappa shape index (κ3) is 3.60. The van der Waals surface area contributed by atoms with Crippen LogP contribution in [0.2, 0.25) is 0 Å². The molecule has 0 bridgehead atoms. The average molecular weight is 625 g/mol. The summed E-state index contributed by atoms with van der Waals surface area (Å²) >= 11 is 0. The van der Waals surface area contributed by atoms with Crippen LogP contribution in [0.4, 0.5) is 17.1 Å². The van der Waals surface area contributed by atoms with Gasteiger partial charge in [-0.1, -0.05) is 123 Å². The molecule has 0 N–H and O–H groups in total. The van der Waals surface area contributed by atoms with E-state index in [2.05, 4.69) is 170 Å². The van der Waals surface area contributed by atoms with E-state index in [1.807, 2.05) is 12.1 Å². The van der Waals surface area contributed by atoms with E-state index < -0.39 is 5.41 Å². The second kappa shape index (κ2) is 9.92. The van der Waals surface area contributed by atoms with Crippen LogP contribution in [0.3, 0.4) is 0 Å². The highest BCUT2D eigenvalue weighted by Crippen LogP contribution is 2.63. The van der Waals surface area contributed by atoms with Crippen LogP contribution >= 0.6 is 0 Å². The van der Waals surface area contributed by atoms with Gasteiger partial charge in [-0.25, -0.2) is 0 Å². The van der Waals surface area contributed by atoms with Gasteiger partial charge < -0.3 is 4.90 Å². The molecule has 0 atom stereocenters. The Morgan fingerprint density at radius 1 is 0.408 bits per heavy atom. The average Bonchev–Trinajstić information content (AvgIpc) is 3.71. The molecule has 3 aliphatic rings. The predicted molar refractivity (Wildman–Crippen MR) is 200 cm³/mol. The van der Waals surface area contributed by atoms with Crippen molar-refractivity contribution in [3.63, 3.8) is 0 Å². The Morgan fingerprint density at radius 3 is 1.31 bits per heavy atom. The molecule has 49 heavy (non-hydrogen) atoms. The zero-order valence-corrected chi connectivity index (χ0v) is 27.4. The van der Waals surface area contributed by atoms with E-state index in [0.29, 0.717) is 5.56 Å². The molecule has 2 nitrogen and oxygen atoms in total. The van der Waals surface area contributed by atoms with Crippen molar-refractivity contribution in [2.45, 2.75) is 24.7 Å². The Morgan fingerprint density at radius 2 is 0.796 bits per heavy atom. The van der Waals surface area contributed by atoms with Crippen LogP contribution in [-0.4, -0.2) is 0 Å². The number of hydrogen-bond donors (Lipinski definition) is 0. The number of benzene rings is 7. The van der Waals surface area contributed by atoms with Gasteiger partial charge in [0.15, 0.2) is 0 Å². The summed E-state index contributed by atoms with van der Waals surface area (Å²) in [4.78, 5) is 2.37. The summed E-state index contributed by atoms with van der Waals surface area (Å²) in [5, 5.41) is 9.66. The largest absolute Gasteiger partial charge is 0.310 e. The molecular weight excluding hydrogens is 593 g/mol. The fourth-order valence-electron chi connectivity index (χ4n) is 9.19.